The van der Waals surface area contributed by atoms with E-state index in [0.29, 0.717) is 0 Å². The maximum absolute atomic E-state index is 12.1. The normalized spacial score (nSPS) is 48.7. The SMILES string of the molecule is CC(=O)N[C@H]1C(O)O[C@H](CO)[C@@H](O[C@@H]2O[C@H](CO[C@H]3O[C@H](CO[C@H]4O[C@H](COP(=O)(O)O)[C@@H](O)[C@H](O)[C@@H]4O)[C@@H](O)[C@H](O[C@H]4O[C@H](CO)[C@@H](O)[C@H](O)[C@@H]4O)[C@@H]3O)[C@@H](O)[C@H](O[C@H]3O[C@H](CO)[C@@H](O)[C@H](O)[C@@H]3O[C@H]3O[C@H](COP(=O)(O)O)[C@@H](O)[C@H](O)[C@@H]3O)[C@@H]2O)[C@@H]1O. The van der Waals surface area contributed by atoms with Crippen molar-refractivity contribution in [3.05, 3.63) is 0 Å². The van der Waals surface area contributed by atoms with Gasteiger partial charge in [0.05, 0.1) is 46.2 Å². The van der Waals surface area contributed by atoms with E-state index in [1.54, 1.807) is 0 Å². The van der Waals surface area contributed by atoms with Gasteiger partial charge in [0.25, 0.3) is 0 Å². The molecular weight excluding hydrogens is 1280 g/mol. The molecule has 0 radical (unpaired) electrons. The molecule has 0 aliphatic carbocycles. The summed E-state index contributed by atoms with van der Waals surface area (Å²) in [4.78, 5) is 49.1. The second-order valence-corrected chi connectivity index (χ2v) is 24.1. The van der Waals surface area contributed by atoms with Crippen LogP contribution in [0.15, 0.2) is 0 Å². The van der Waals surface area contributed by atoms with Crippen LogP contribution >= 0.6 is 15.6 Å². The van der Waals surface area contributed by atoms with Crippen LogP contribution < -0.4 is 5.32 Å². The summed E-state index contributed by atoms with van der Waals surface area (Å²) < 4.78 is 105. The molecule has 0 aromatic carbocycles. The van der Waals surface area contributed by atoms with Crippen molar-refractivity contribution in [2.75, 3.05) is 46.2 Å². The molecule has 7 saturated heterocycles. The number of nitrogens with one attached hydrogen (secondary N) is 1. The lowest BCUT2D eigenvalue weighted by Crippen LogP contribution is -2.69. The van der Waals surface area contributed by atoms with Gasteiger partial charge in [0.1, 0.15) is 171 Å². The van der Waals surface area contributed by atoms with Gasteiger partial charge in [0.15, 0.2) is 44.0 Å². The molecule has 7 fully saturated rings. The van der Waals surface area contributed by atoms with Gasteiger partial charge in [0, 0.05) is 6.92 Å². The molecule has 25 N–H and O–H groups in total. The molecular formula is C44H77NO42P2. The Morgan fingerprint density at radius 1 is 0.348 bits per heavy atom. The van der Waals surface area contributed by atoms with Crippen LogP contribution in [-0.4, -0.2) is 389 Å². The first kappa shape index (κ1) is 74.8. The Morgan fingerprint density at radius 3 is 1.11 bits per heavy atom. The summed E-state index contributed by atoms with van der Waals surface area (Å²) in [5.74, 6) is -0.840. The number of phosphoric ester groups is 2. The summed E-state index contributed by atoms with van der Waals surface area (Å²) in [5, 5.41) is 221. The van der Waals surface area contributed by atoms with Crippen LogP contribution in [0.2, 0.25) is 0 Å². The zero-order valence-electron chi connectivity index (χ0n) is 46.1. The molecule has 7 aliphatic rings. The Balaban J connectivity index is 1.20. The van der Waals surface area contributed by atoms with Gasteiger partial charge < -0.3 is 189 Å². The fraction of sp³-hybridized carbons (Fsp3) is 0.977. The number of phosphoric acid groups is 2. The number of amides is 1. The van der Waals surface area contributed by atoms with Crippen molar-refractivity contribution in [3.8, 4) is 0 Å². The Kier molecular flexibility index (Phi) is 26.5. The smallest absolute Gasteiger partial charge is 0.394 e. The Bertz CT molecular complexity index is 2320. The topological polar surface area (TPSA) is 687 Å². The molecule has 0 aromatic rings. The van der Waals surface area contributed by atoms with Crippen molar-refractivity contribution in [2.45, 2.75) is 222 Å². The average molecular weight is 1350 g/mol. The first-order valence-corrected chi connectivity index (χ1v) is 30.2. The van der Waals surface area contributed by atoms with E-state index in [0.717, 1.165) is 6.92 Å². The van der Waals surface area contributed by atoms with Crippen molar-refractivity contribution in [3.63, 3.8) is 0 Å². The highest BCUT2D eigenvalue weighted by molar-refractivity contribution is 7.46. The summed E-state index contributed by atoms with van der Waals surface area (Å²) in [6, 6.07) is -1.74. The third-order valence-corrected chi connectivity index (χ3v) is 16.3. The quantitative estimate of drug-likeness (QED) is 0.0399. The lowest BCUT2D eigenvalue weighted by Gasteiger charge is -2.50. The van der Waals surface area contributed by atoms with Crippen LogP contribution in [0.3, 0.4) is 0 Å². The van der Waals surface area contributed by atoms with Crippen LogP contribution in [0.25, 0.3) is 0 Å². The van der Waals surface area contributed by atoms with Gasteiger partial charge in [0.2, 0.25) is 5.91 Å². The van der Waals surface area contributed by atoms with E-state index in [4.69, 9.17) is 61.6 Å². The fourth-order valence-corrected chi connectivity index (χ4v) is 11.2. The van der Waals surface area contributed by atoms with Crippen molar-refractivity contribution < 1.29 is 206 Å². The molecule has 43 nitrogen and oxygen atoms in total. The molecule has 7 heterocycles. The summed E-state index contributed by atoms with van der Waals surface area (Å²) in [6.45, 7) is -6.76. The Hall–Kier alpha value is -1.63. The molecule has 7 aliphatic heterocycles. The number of hydrogen-bond donors (Lipinski definition) is 25. The summed E-state index contributed by atoms with van der Waals surface area (Å²) in [7, 11) is -10.5. The van der Waals surface area contributed by atoms with E-state index in [1.807, 2.05) is 0 Å². The van der Waals surface area contributed by atoms with Crippen molar-refractivity contribution in [2.24, 2.45) is 0 Å². The van der Waals surface area contributed by atoms with Crippen LogP contribution in [0.5, 0.6) is 0 Å². The lowest BCUT2D eigenvalue weighted by molar-refractivity contribution is -0.397. The third kappa shape index (κ3) is 17.7. The zero-order valence-corrected chi connectivity index (χ0v) is 47.9. The van der Waals surface area contributed by atoms with E-state index in [9.17, 15) is 136 Å². The lowest BCUT2D eigenvalue weighted by atomic mass is 9.95. The van der Waals surface area contributed by atoms with E-state index >= 15 is 0 Å². The summed E-state index contributed by atoms with van der Waals surface area (Å²) in [6.07, 6.45) is -72.8. The molecule has 1 amide bonds. The molecule has 35 atom stereocenters. The maximum Gasteiger partial charge on any atom is 0.469 e. The Morgan fingerprint density at radius 2 is 0.674 bits per heavy atom. The summed E-state index contributed by atoms with van der Waals surface area (Å²) in [5.41, 5.74) is 0. The number of aliphatic hydroxyl groups is 20. The van der Waals surface area contributed by atoms with Gasteiger partial charge in [-0.1, -0.05) is 0 Å². The number of ether oxygens (including phenoxy) is 13. The van der Waals surface area contributed by atoms with Gasteiger partial charge >= 0.3 is 15.6 Å². The molecule has 89 heavy (non-hydrogen) atoms. The minimum absolute atomic E-state index is 0.840. The minimum Gasteiger partial charge on any atom is -0.394 e. The van der Waals surface area contributed by atoms with E-state index < -0.39 is 283 Å². The van der Waals surface area contributed by atoms with Crippen LogP contribution in [-0.2, 0) is 84.6 Å². The second kappa shape index (κ2) is 31.5. The minimum atomic E-state index is -5.29. The highest BCUT2D eigenvalue weighted by Gasteiger charge is 2.58. The third-order valence-electron chi connectivity index (χ3n) is 15.4. The number of carbonyl (C=O) groups excluding carboxylic acids is 1. The van der Waals surface area contributed by atoms with Gasteiger partial charge in [-0.2, -0.15) is 0 Å². The van der Waals surface area contributed by atoms with Crippen LogP contribution in [0, 0.1) is 0 Å². The molecule has 0 saturated carbocycles. The largest absolute Gasteiger partial charge is 0.469 e. The fourth-order valence-electron chi connectivity index (χ4n) is 10.5. The second-order valence-electron chi connectivity index (χ2n) is 21.6. The van der Waals surface area contributed by atoms with Gasteiger partial charge in [-0.05, 0) is 0 Å². The molecule has 0 aromatic heterocycles. The van der Waals surface area contributed by atoms with E-state index in [1.165, 1.54) is 0 Å². The van der Waals surface area contributed by atoms with Gasteiger partial charge in [-0.15, -0.1) is 0 Å². The first-order valence-electron chi connectivity index (χ1n) is 27.1. The van der Waals surface area contributed by atoms with Gasteiger partial charge in [-0.3, -0.25) is 13.8 Å². The molecule has 1 unspecified atom stereocenters. The maximum atomic E-state index is 12.1. The van der Waals surface area contributed by atoms with E-state index in [2.05, 4.69) is 14.4 Å². The highest BCUT2D eigenvalue weighted by Crippen LogP contribution is 2.41. The number of rotatable bonds is 24. The number of aliphatic hydroxyl groups excluding tert-OH is 20. The highest BCUT2D eigenvalue weighted by atomic mass is 31.2. The average Bonchev–Trinajstić information content (AvgIpc) is 0.845. The Labute approximate surface area is 500 Å². The summed E-state index contributed by atoms with van der Waals surface area (Å²) >= 11 is 0. The first-order chi connectivity index (χ1) is 41.6. The zero-order chi connectivity index (χ0) is 66.0. The number of carbonyl (C=O) groups is 1. The van der Waals surface area contributed by atoms with Crippen molar-refractivity contribution in [1.29, 1.82) is 0 Å². The van der Waals surface area contributed by atoms with Gasteiger partial charge in [-0.25, -0.2) is 9.13 Å². The molecule has 0 bridgehead atoms. The molecule has 520 valence electrons. The molecule has 45 heteroatoms. The molecule has 0 spiro atoms. The van der Waals surface area contributed by atoms with Crippen molar-refractivity contribution >= 4 is 21.6 Å². The predicted octanol–water partition coefficient (Wildman–Crippen LogP) is -15.9. The molecule has 7 rings (SSSR count). The van der Waals surface area contributed by atoms with Crippen LogP contribution in [0.4, 0.5) is 0 Å². The van der Waals surface area contributed by atoms with Crippen LogP contribution in [0.1, 0.15) is 6.92 Å². The predicted molar refractivity (Wildman–Crippen MR) is 265 cm³/mol. The van der Waals surface area contributed by atoms with E-state index in [-0.39, 0.29) is 0 Å². The number of hydrogen-bond acceptors (Lipinski definition) is 38. The standard InChI is InChI=1S/C44H77NO42P2/c1-9(49)45-17-24(56)34(12(4-48)77-38(17)66)84-43-33(65)36(86-44-37(28(60)19(51)11(3-47)79-44)87-42-31(63)27(59)21(53)16(83-42)8-76-89(70,71)72)23(55)14(82-43)6-74-40-32(64)35(85-41-30(62)25(57)18(50)10(2-46)78-41)22(54)13(80-40)5-73-39-29(61)26(58)20(52)15(81-39)7-75-88(67,68)69/h10-44,46-48,50-66H,2-8H2,1H3,(H,45,49)(H2,67,68,69)(H2,70,71,72)/t10-,11-,12-,13-,14-,15-,16-,17-,18-,19-,20-,21-,22-,23-,24-,25+,26+,27+,28+,29+,30+,31+,32+,33+,34-,35+,36+,37+,38?,39+,40+,41-,42-,43+,44-/m1/s1. The monoisotopic (exact) mass is 1350 g/mol. The van der Waals surface area contributed by atoms with Crippen molar-refractivity contribution in [1.82, 2.24) is 5.32 Å².